The molecule has 1 saturated carbocycles. The zero-order valence-corrected chi connectivity index (χ0v) is 11.6. The molecule has 3 N–H and O–H groups in total. The molecule has 106 valence electrons. The SMILES string of the molecule is COCCN(C1CC1)S(=O)(=O)c1ncccc1NN. The van der Waals surface area contributed by atoms with Gasteiger partial charge in [0.25, 0.3) is 10.0 Å². The molecule has 0 amide bonds. The minimum Gasteiger partial charge on any atom is -0.383 e. The summed E-state index contributed by atoms with van der Waals surface area (Å²) < 4.78 is 31.6. The van der Waals surface area contributed by atoms with E-state index in [-0.39, 0.29) is 11.1 Å². The van der Waals surface area contributed by atoms with E-state index in [4.69, 9.17) is 10.6 Å². The maximum absolute atomic E-state index is 12.6. The summed E-state index contributed by atoms with van der Waals surface area (Å²) in [4.78, 5) is 3.95. The van der Waals surface area contributed by atoms with Crippen LogP contribution in [0.4, 0.5) is 5.69 Å². The van der Waals surface area contributed by atoms with Crippen LogP contribution in [-0.4, -0.2) is 44.0 Å². The standard InChI is InChI=1S/C11H18N4O3S/c1-18-8-7-15(9-4-5-9)19(16,17)11-10(14-12)3-2-6-13-11/h2-3,6,9,14H,4-5,7-8,12H2,1H3. The number of hydrogen-bond donors (Lipinski definition) is 2. The minimum absolute atomic E-state index is 0.0412. The summed E-state index contributed by atoms with van der Waals surface area (Å²) >= 11 is 0. The molecule has 0 saturated heterocycles. The van der Waals surface area contributed by atoms with Crippen molar-refractivity contribution in [2.24, 2.45) is 5.84 Å². The van der Waals surface area contributed by atoms with E-state index in [1.54, 1.807) is 19.2 Å². The highest BCUT2D eigenvalue weighted by atomic mass is 32.2. The largest absolute Gasteiger partial charge is 0.383 e. The number of pyridine rings is 1. The second kappa shape index (κ2) is 5.83. The minimum atomic E-state index is -3.65. The summed E-state index contributed by atoms with van der Waals surface area (Å²) in [5.41, 5.74) is 2.67. The van der Waals surface area contributed by atoms with Crippen LogP contribution in [0.5, 0.6) is 0 Å². The Bertz CT molecular complexity index is 530. The van der Waals surface area contributed by atoms with Crippen molar-refractivity contribution in [2.45, 2.75) is 23.9 Å². The highest BCUT2D eigenvalue weighted by Crippen LogP contribution is 2.32. The van der Waals surface area contributed by atoms with Crippen molar-refractivity contribution in [1.29, 1.82) is 0 Å². The first-order valence-corrected chi connectivity index (χ1v) is 7.47. The Morgan fingerprint density at radius 2 is 2.32 bits per heavy atom. The van der Waals surface area contributed by atoms with E-state index < -0.39 is 10.0 Å². The van der Waals surface area contributed by atoms with Gasteiger partial charge in [-0.15, -0.1) is 0 Å². The number of aromatic nitrogens is 1. The average molecular weight is 286 g/mol. The van der Waals surface area contributed by atoms with Crippen LogP contribution in [-0.2, 0) is 14.8 Å². The van der Waals surface area contributed by atoms with E-state index in [0.29, 0.717) is 18.8 Å². The first-order valence-electron chi connectivity index (χ1n) is 6.03. The van der Waals surface area contributed by atoms with E-state index >= 15 is 0 Å². The van der Waals surface area contributed by atoms with Gasteiger partial charge in [-0.05, 0) is 25.0 Å². The van der Waals surface area contributed by atoms with Crippen LogP contribution in [0.3, 0.4) is 0 Å². The van der Waals surface area contributed by atoms with Gasteiger partial charge in [0.15, 0.2) is 5.03 Å². The number of hydrogen-bond acceptors (Lipinski definition) is 6. The second-order valence-corrected chi connectivity index (χ2v) is 6.15. The molecule has 19 heavy (non-hydrogen) atoms. The predicted octanol–water partition coefficient (Wildman–Crippen LogP) is 0.167. The van der Waals surface area contributed by atoms with Crippen LogP contribution < -0.4 is 11.3 Å². The number of nitrogens with one attached hydrogen (secondary N) is 1. The number of sulfonamides is 1. The molecule has 0 spiro atoms. The molecule has 1 fully saturated rings. The van der Waals surface area contributed by atoms with Crippen LogP contribution in [0.25, 0.3) is 0 Å². The third-order valence-corrected chi connectivity index (χ3v) is 4.86. The number of nitrogen functional groups attached to an aromatic ring is 1. The van der Waals surface area contributed by atoms with Crippen molar-refractivity contribution < 1.29 is 13.2 Å². The van der Waals surface area contributed by atoms with Crippen molar-refractivity contribution in [1.82, 2.24) is 9.29 Å². The lowest BCUT2D eigenvalue weighted by Crippen LogP contribution is -2.36. The molecule has 0 unspecified atom stereocenters. The highest BCUT2D eigenvalue weighted by Gasteiger charge is 2.39. The van der Waals surface area contributed by atoms with Gasteiger partial charge in [0.2, 0.25) is 0 Å². The Labute approximate surface area is 112 Å². The summed E-state index contributed by atoms with van der Waals surface area (Å²) in [6.07, 6.45) is 3.19. The van der Waals surface area contributed by atoms with Crippen molar-refractivity contribution in [2.75, 3.05) is 25.7 Å². The van der Waals surface area contributed by atoms with Crippen molar-refractivity contribution in [3.8, 4) is 0 Å². The van der Waals surface area contributed by atoms with Crippen LogP contribution in [0.15, 0.2) is 23.4 Å². The van der Waals surface area contributed by atoms with Gasteiger partial charge in [0.05, 0.1) is 12.3 Å². The molecule has 1 aromatic rings. The Kier molecular flexibility index (Phi) is 4.35. The van der Waals surface area contributed by atoms with Gasteiger partial charge >= 0.3 is 0 Å². The zero-order chi connectivity index (χ0) is 13.9. The predicted molar refractivity (Wildman–Crippen MR) is 70.8 cm³/mol. The summed E-state index contributed by atoms with van der Waals surface area (Å²) in [5.74, 6) is 5.34. The Morgan fingerprint density at radius 3 is 2.89 bits per heavy atom. The van der Waals surface area contributed by atoms with Gasteiger partial charge in [0, 0.05) is 25.9 Å². The molecular weight excluding hydrogens is 268 g/mol. The third-order valence-electron chi connectivity index (χ3n) is 2.95. The lowest BCUT2D eigenvalue weighted by Gasteiger charge is -2.22. The maximum Gasteiger partial charge on any atom is 0.263 e. The first kappa shape index (κ1) is 14.2. The number of anilines is 1. The number of rotatable bonds is 7. The van der Waals surface area contributed by atoms with Gasteiger partial charge in [0.1, 0.15) is 0 Å². The Balaban J connectivity index is 2.33. The number of hydrazine groups is 1. The van der Waals surface area contributed by atoms with Crippen molar-refractivity contribution >= 4 is 15.7 Å². The Morgan fingerprint density at radius 1 is 1.58 bits per heavy atom. The fourth-order valence-electron chi connectivity index (χ4n) is 1.86. The monoisotopic (exact) mass is 286 g/mol. The molecule has 8 heteroatoms. The van der Waals surface area contributed by atoms with Crippen molar-refractivity contribution in [3.05, 3.63) is 18.3 Å². The van der Waals surface area contributed by atoms with E-state index in [9.17, 15) is 8.42 Å². The lowest BCUT2D eigenvalue weighted by molar-refractivity contribution is 0.177. The van der Waals surface area contributed by atoms with E-state index in [2.05, 4.69) is 10.4 Å². The molecule has 0 aliphatic heterocycles. The van der Waals surface area contributed by atoms with Gasteiger partial charge in [-0.1, -0.05) is 0 Å². The number of nitrogens with zero attached hydrogens (tertiary/aromatic N) is 2. The van der Waals surface area contributed by atoms with Crippen LogP contribution in [0.1, 0.15) is 12.8 Å². The maximum atomic E-state index is 12.6. The van der Waals surface area contributed by atoms with Crippen LogP contribution in [0, 0.1) is 0 Å². The average Bonchev–Trinajstić information content (AvgIpc) is 3.23. The van der Waals surface area contributed by atoms with Gasteiger partial charge in [-0.3, -0.25) is 5.84 Å². The molecule has 0 bridgehead atoms. The van der Waals surface area contributed by atoms with Gasteiger partial charge in [-0.2, -0.15) is 4.31 Å². The van der Waals surface area contributed by atoms with E-state index in [1.807, 2.05) is 0 Å². The zero-order valence-electron chi connectivity index (χ0n) is 10.7. The molecule has 0 atom stereocenters. The van der Waals surface area contributed by atoms with Crippen LogP contribution >= 0.6 is 0 Å². The summed E-state index contributed by atoms with van der Waals surface area (Å²) in [6.45, 7) is 0.679. The molecular formula is C11H18N4O3S. The number of nitrogens with two attached hydrogens (primary N) is 1. The third kappa shape index (κ3) is 3.03. The molecule has 0 radical (unpaired) electrons. The quantitative estimate of drug-likeness (QED) is 0.547. The fourth-order valence-corrected chi connectivity index (χ4v) is 3.60. The van der Waals surface area contributed by atoms with Gasteiger partial charge in [-0.25, -0.2) is 13.4 Å². The van der Waals surface area contributed by atoms with Crippen LogP contribution in [0.2, 0.25) is 0 Å². The van der Waals surface area contributed by atoms with Crippen molar-refractivity contribution in [3.63, 3.8) is 0 Å². The lowest BCUT2D eigenvalue weighted by atomic mass is 10.4. The molecule has 1 heterocycles. The number of ether oxygens (including phenoxy) is 1. The molecule has 1 aliphatic rings. The molecule has 1 aliphatic carbocycles. The van der Waals surface area contributed by atoms with Gasteiger partial charge < -0.3 is 10.2 Å². The normalized spacial score (nSPS) is 15.7. The fraction of sp³-hybridized carbons (Fsp3) is 0.545. The molecule has 2 rings (SSSR count). The summed E-state index contributed by atoms with van der Waals surface area (Å²) in [5, 5.41) is -0.0412. The Hall–Kier alpha value is -1.22. The van der Waals surface area contributed by atoms with E-state index in [1.165, 1.54) is 10.5 Å². The molecule has 1 aromatic heterocycles. The molecule has 0 aromatic carbocycles. The van der Waals surface area contributed by atoms with E-state index in [0.717, 1.165) is 12.8 Å². The summed E-state index contributed by atoms with van der Waals surface area (Å²) in [7, 11) is -2.11. The smallest absolute Gasteiger partial charge is 0.263 e. The first-order chi connectivity index (χ1) is 9.11. The number of methoxy groups -OCH3 is 1. The topological polar surface area (TPSA) is 97.5 Å². The second-order valence-electron chi connectivity index (χ2n) is 4.34. The molecule has 7 nitrogen and oxygen atoms in total. The summed E-state index contributed by atoms with van der Waals surface area (Å²) in [6, 6.07) is 3.26. The highest BCUT2D eigenvalue weighted by molar-refractivity contribution is 7.89.